The van der Waals surface area contributed by atoms with Gasteiger partial charge in [0, 0.05) is 13.6 Å². The lowest BCUT2D eigenvalue weighted by Gasteiger charge is -2.19. The van der Waals surface area contributed by atoms with Crippen molar-refractivity contribution in [2.75, 3.05) is 20.7 Å². The first-order valence-electron chi connectivity index (χ1n) is 6.71. The zero-order chi connectivity index (χ0) is 16.3. The zero-order valence-corrected chi connectivity index (χ0v) is 12.3. The molecule has 0 unspecified atom stereocenters. The molecule has 2 rings (SSSR count). The van der Waals surface area contributed by atoms with Crippen LogP contribution in [0.15, 0.2) is 36.4 Å². The molecule has 0 heterocycles. The van der Waals surface area contributed by atoms with Crippen LogP contribution in [0.25, 0.3) is 10.8 Å². The molecule has 0 atom stereocenters. The minimum atomic E-state index is -4.84. The molecule has 0 aliphatic carbocycles. The second-order valence-electron chi connectivity index (χ2n) is 4.98. The molecule has 118 valence electrons. The molecule has 0 radical (unpaired) electrons. The molecular weight excluding hydrogens is 295 g/mol. The number of benzene rings is 2. The highest BCUT2D eigenvalue weighted by atomic mass is 19.4. The second-order valence-corrected chi connectivity index (χ2v) is 4.98. The predicted octanol–water partition coefficient (Wildman–Crippen LogP) is 3.41. The van der Waals surface area contributed by atoms with E-state index in [0.29, 0.717) is 17.1 Å². The molecular formula is C16H16F3NO2. The van der Waals surface area contributed by atoms with Crippen molar-refractivity contribution in [2.24, 2.45) is 0 Å². The fourth-order valence-corrected chi connectivity index (χ4v) is 2.27. The van der Waals surface area contributed by atoms with Crippen molar-refractivity contribution in [1.82, 2.24) is 4.90 Å². The number of carbonyl (C=O) groups excluding carboxylic acids is 1. The maximum atomic E-state index is 12.4. The topological polar surface area (TPSA) is 29.5 Å². The van der Waals surface area contributed by atoms with Gasteiger partial charge in [0.1, 0.15) is 5.75 Å². The highest BCUT2D eigenvalue weighted by Gasteiger charge is 2.40. The molecule has 0 saturated carbocycles. The molecule has 3 nitrogen and oxygen atoms in total. The Morgan fingerprint density at radius 3 is 2.59 bits per heavy atom. The van der Waals surface area contributed by atoms with Gasteiger partial charge in [-0.2, -0.15) is 13.2 Å². The van der Waals surface area contributed by atoms with Gasteiger partial charge in [0.15, 0.2) is 0 Å². The minimum absolute atomic E-state index is 0.00529. The van der Waals surface area contributed by atoms with E-state index in [1.807, 2.05) is 36.4 Å². The van der Waals surface area contributed by atoms with Crippen LogP contribution in [0.1, 0.15) is 5.56 Å². The Morgan fingerprint density at radius 1 is 1.23 bits per heavy atom. The van der Waals surface area contributed by atoms with E-state index in [0.717, 1.165) is 23.4 Å². The molecule has 0 saturated heterocycles. The SMILES string of the molecule is COc1ccc2cccc(CCN(C)C(=O)C(F)(F)F)c2c1. The van der Waals surface area contributed by atoms with E-state index in [1.165, 1.54) is 0 Å². The maximum absolute atomic E-state index is 12.4. The second kappa shape index (κ2) is 6.25. The average Bonchev–Trinajstić information content (AvgIpc) is 2.50. The average molecular weight is 311 g/mol. The quantitative estimate of drug-likeness (QED) is 0.866. The number of fused-ring (bicyclic) bond motifs is 1. The van der Waals surface area contributed by atoms with Crippen molar-refractivity contribution < 1.29 is 22.7 Å². The lowest BCUT2D eigenvalue weighted by Crippen LogP contribution is -2.39. The van der Waals surface area contributed by atoms with Crippen molar-refractivity contribution >= 4 is 16.7 Å². The van der Waals surface area contributed by atoms with Crippen LogP contribution in [0.4, 0.5) is 13.2 Å². The van der Waals surface area contributed by atoms with E-state index < -0.39 is 12.1 Å². The first-order chi connectivity index (χ1) is 10.3. The standard InChI is InChI=1S/C16H16F3NO2/c1-20(15(21)16(17,18)19)9-8-12-5-3-4-11-6-7-13(22-2)10-14(11)12/h3-7,10H,8-9H2,1-2H3. The molecule has 2 aromatic rings. The third-order valence-electron chi connectivity index (χ3n) is 3.49. The molecule has 6 heteroatoms. The number of carbonyl (C=O) groups is 1. The number of rotatable bonds is 4. The Morgan fingerprint density at radius 2 is 1.95 bits per heavy atom. The lowest BCUT2D eigenvalue weighted by atomic mass is 10.0. The van der Waals surface area contributed by atoms with Crippen molar-refractivity contribution in [1.29, 1.82) is 0 Å². The van der Waals surface area contributed by atoms with Crippen LogP contribution in [0, 0.1) is 0 Å². The third-order valence-corrected chi connectivity index (χ3v) is 3.49. The highest BCUT2D eigenvalue weighted by molar-refractivity contribution is 5.87. The monoisotopic (exact) mass is 311 g/mol. The Kier molecular flexibility index (Phi) is 4.59. The summed E-state index contributed by atoms with van der Waals surface area (Å²) in [6, 6.07) is 11.2. The third kappa shape index (κ3) is 3.50. The van der Waals surface area contributed by atoms with Gasteiger partial charge in [-0.3, -0.25) is 4.79 Å². The fraction of sp³-hybridized carbons (Fsp3) is 0.312. The Labute approximate surface area is 126 Å². The largest absolute Gasteiger partial charge is 0.497 e. The molecule has 0 aliphatic heterocycles. The van der Waals surface area contributed by atoms with E-state index in [9.17, 15) is 18.0 Å². The summed E-state index contributed by atoms with van der Waals surface area (Å²) >= 11 is 0. The number of halogens is 3. The van der Waals surface area contributed by atoms with Crippen molar-refractivity contribution in [2.45, 2.75) is 12.6 Å². The smallest absolute Gasteiger partial charge is 0.471 e. The number of hydrogen-bond acceptors (Lipinski definition) is 2. The lowest BCUT2D eigenvalue weighted by molar-refractivity contribution is -0.184. The van der Waals surface area contributed by atoms with Gasteiger partial charge < -0.3 is 9.64 Å². The van der Waals surface area contributed by atoms with Gasteiger partial charge in [-0.1, -0.05) is 24.3 Å². The van der Waals surface area contributed by atoms with E-state index in [1.54, 1.807) is 7.11 Å². The van der Waals surface area contributed by atoms with Crippen molar-refractivity contribution in [3.05, 3.63) is 42.0 Å². The van der Waals surface area contributed by atoms with Crippen LogP contribution in [-0.2, 0) is 11.2 Å². The number of hydrogen-bond donors (Lipinski definition) is 0. The predicted molar refractivity (Wildman–Crippen MR) is 77.9 cm³/mol. The van der Waals surface area contributed by atoms with Gasteiger partial charge in [-0.15, -0.1) is 0 Å². The van der Waals surface area contributed by atoms with E-state index in [4.69, 9.17) is 4.74 Å². The maximum Gasteiger partial charge on any atom is 0.471 e. The van der Waals surface area contributed by atoms with Crippen LogP contribution < -0.4 is 4.74 Å². The molecule has 0 spiro atoms. The summed E-state index contributed by atoms with van der Waals surface area (Å²) in [5.74, 6) is -1.15. The fourth-order valence-electron chi connectivity index (χ4n) is 2.27. The molecule has 0 N–H and O–H groups in total. The van der Waals surface area contributed by atoms with Crippen molar-refractivity contribution in [3.8, 4) is 5.75 Å². The van der Waals surface area contributed by atoms with Gasteiger partial charge in [0.25, 0.3) is 0 Å². The molecule has 0 bridgehead atoms. The zero-order valence-electron chi connectivity index (χ0n) is 12.3. The summed E-state index contributed by atoms with van der Waals surface area (Å²) in [6.07, 6.45) is -4.50. The molecule has 1 amide bonds. The Hall–Kier alpha value is -2.24. The number of methoxy groups -OCH3 is 1. The highest BCUT2D eigenvalue weighted by Crippen LogP contribution is 2.25. The summed E-state index contributed by atoms with van der Waals surface area (Å²) in [4.78, 5) is 11.8. The summed E-state index contributed by atoms with van der Waals surface area (Å²) in [6.45, 7) is -0.00529. The number of likely N-dealkylation sites (N-methyl/N-ethyl adjacent to an activating group) is 1. The van der Waals surface area contributed by atoms with Crippen LogP contribution in [-0.4, -0.2) is 37.7 Å². The molecule has 0 aromatic heterocycles. The van der Waals surface area contributed by atoms with E-state index in [2.05, 4.69) is 0 Å². The first-order valence-corrected chi connectivity index (χ1v) is 6.71. The number of nitrogens with zero attached hydrogens (tertiary/aromatic N) is 1. The van der Waals surface area contributed by atoms with Crippen LogP contribution in [0.5, 0.6) is 5.75 Å². The summed E-state index contributed by atoms with van der Waals surface area (Å²) in [5.41, 5.74) is 0.873. The van der Waals surface area contributed by atoms with E-state index >= 15 is 0 Å². The van der Waals surface area contributed by atoms with Gasteiger partial charge in [0.2, 0.25) is 0 Å². The number of alkyl halides is 3. The van der Waals surface area contributed by atoms with E-state index in [-0.39, 0.29) is 6.54 Å². The van der Waals surface area contributed by atoms with Gasteiger partial charge in [0.05, 0.1) is 7.11 Å². The van der Waals surface area contributed by atoms with Gasteiger partial charge in [-0.25, -0.2) is 0 Å². The molecule has 22 heavy (non-hydrogen) atoms. The summed E-state index contributed by atoms with van der Waals surface area (Å²) in [5, 5.41) is 1.89. The molecule has 0 fully saturated rings. The number of ether oxygens (including phenoxy) is 1. The van der Waals surface area contributed by atoms with Crippen LogP contribution in [0.2, 0.25) is 0 Å². The number of amides is 1. The Balaban J connectivity index is 2.20. The van der Waals surface area contributed by atoms with Gasteiger partial charge >= 0.3 is 12.1 Å². The molecule has 2 aromatic carbocycles. The summed E-state index contributed by atoms with van der Waals surface area (Å²) in [7, 11) is 2.71. The van der Waals surface area contributed by atoms with Crippen molar-refractivity contribution in [3.63, 3.8) is 0 Å². The first kappa shape index (κ1) is 16.1. The Bertz CT molecular complexity index is 683. The molecule has 0 aliphatic rings. The van der Waals surface area contributed by atoms with Crippen LogP contribution in [0.3, 0.4) is 0 Å². The normalized spacial score (nSPS) is 11.5. The van der Waals surface area contributed by atoms with Gasteiger partial charge in [-0.05, 0) is 34.9 Å². The van der Waals surface area contributed by atoms with Crippen LogP contribution >= 0.6 is 0 Å². The summed E-state index contributed by atoms with van der Waals surface area (Å²) < 4.78 is 42.3. The minimum Gasteiger partial charge on any atom is -0.497 e.